The summed E-state index contributed by atoms with van der Waals surface area (Å²) >= 11 is 0. The number of unbranched alkanes of at least 4 members (excludes halogenated alkanes) is 8. The van der Waals surface area contributed by atoms with E-state index in [0.717, 1.165) is 6.42 Å². The zero-order valence-corrected chi connectivity index (χ0v) is 12.1. The molecule has 0 aliphatic heterocycles. The first-order valence-corrected chi connectivity index (χ1v) is 7.45. The van der Waals surface area contributed by atoms with Crippen LogP contribution in [-0.2, 0) is 4.79 Å². The maximum atomic E-state index is 10.2. The summed E-state index contributed by atoms with van der Waals surface area (Å²) in [7, 11) is 0. The van der Waals surface area contributed by atoms with E-state index in [1.807, 2.05) is 0 Å². The van der Waals surface area contributed by atoms with Gasteiger partial charge in [-0.1, -0.05) is 57.3 Å². The van der Waals surface area contributed by atoms with Crippen molar-refractivity contribution in [3.63, 3.8) is 0 Å². The minimum atomic E-state index is -0.758. The van der Waals surface area contributed by atoms with Gasteiger partial charge in [-0.2, -0.15) is 0 Å². The monoisotopic (exact) mass is 262 g/mol. The van der Waals surface area contributed by atoms with Gasteiger partial charge in [0.15, 0.2) is 0 Å². The van der Waals surface area contributed by atoms with Crippen molar-refractivity contribution in [1.29, 1.82) is 0 Å². The fourth-order valence-electron chi connectivity index (χ4n) is 1.71. The Kier molecular flexibility index (Phi) is 13.6. The van der Waals surface area contributed by atoms with Gasteiger partial charge in [0.25, 0.3) is 0 Å². The fraction of sp³-hybridized carbons (Fsp3) is 0.706. The van der Waals surface area contributed by atoms with E-state index in [-0.39, 0.29) is 6.42 Å². The highest BCUT2D eigenvalue weighted by atomic mass is 16.4. The van der Waals surface area contributed by atoms with Crippen molar-refractivity contribution >= 4 is 5.97 Å². The molecule has 0 aliphatic carbocycles. The fourth-order valence-corrected chi connectivity index (χ4v) is 1.71. The van der Waals surface area contributed by atoms with Gasteiger partial charge < -0.3 is 5.11 Å². The van der Waals surface area contributed by atoms with Crippen molar-refractivity contribution in [2.75, 3.05) is 0 Å². The molecule has 0 amide bonds. The highest BCUT2D eigenvalue weighted by molar-refractivity contribution is 5.66. The zero-order chi connectivity index (χ0) is 14.2. The van der Waals surface area contributed by atoms with Crippen LogP contribution in [0.4, 0.5) is 0 Å². The Balaban J connectivity index is 3.30. The molecule has 2 nitrogen and oxygen atoms in total. The molecule has 0 atom stereocenters. The van der Waals surface area contributed by atoms with Gasteiger partial charge in [0.05, 0.1) is 0 Å². The predicted octanol–water partition coefficient (Wildman–Crippen LogP) is 4.39. The van der Waals surface area contributed by atoms with Gasteiger partial charge in [0.1, 0.15) is 0 Å². The Labute approximate surface area is 118 Å². The van der Waals surface area contributed by atoms with E-state index in [0.29, 0.717) is 12.8 Å². The van der Waals surface area contributed by atoms with E-state index in [4.69, 9.17) is 5.11 Å². The molecule has 0 aromatic heterocycles. The summed E-state index contributed by atoms with van der Waals surface area (Å²) in [5.74, 6) is 10.8. The van der Waals surface area contributed by atoms with Crippen LogP contribution in [-0.4, -0.2) is 11.1 Å². The van der Waals surface area contributed by atoms with Gasteiger partial charge >= 0.3 is 5.97 Å². The second kappa shape index (κ2) is 14.7. The molecule has 0 bridgehead atoms. The lowest BCUT2D eigenvalue weighted by Gasteiger charge is -1.97. The van der Waals surface area contributed by atoms with Crippen molar-refractivity contribution in [3.8, 4) is 23.7 Å². The third-order valence-corrected chi connectivity index (χ3v) is 2.84. The Morgan fingerprint density at radius 3 is 1.95 bits per heavy atom. The average Bonchev–Trinajstić information content (AvgIpc) is 2.39. The summed E-state index contributed by atoms with van der Waals surface area (Å²) in [6.07, 6.45) is 11.5. The molecule has 0 heterocycles. The minimum Gasteiger partial charge on any atom is -0.481 e. The molecule has 0 rings (SSSR count). The first kappa shape index (κ1) is 17.6. The third kappa shape index (κ3) is 16.6. The summed E-state index contributed by atoms with van der Waals surface area (Å²) in [6.45, 7) is 2.23. The lowest BCUT2D eigenvalue weighted by atomic mass is 10.1. The van der Waals surface area contributed by atoms with Crippen LogP contribution in [0, 0.1) is 23.7 Å². The number of carbonyl (C=O) groups is 1. The normalized spacial score (nSPS) is 9.11. The van der Waals surface area contributed by atoms with Crippen LogP contribution in [0.3, 0.4) is 0 Å². The lowest BCUT2D eigenvalue weighted by Crippen LogP contribution is -1.92. The second-order valence-corrected chi connectivity index (χ2v) is 4.72. The predicted molar refractivity (Wildman–Crippen MR) is 79.6 cm³/mol. The van der Waals surface area contributed by atoms with Crippen molar-refractivity contribution in [2.24, 2.45) is 0 Å². The highest BCUT2D eigenvalue weighted by Gasteiger charge is 1.92. The van der Waals surface area contributed by atoms with Crippen LogP contribution >= 0.6 is 0 Å². The Morgan fingerprint density at radius 1 is 0.842 bits per heavy atom. The molecule has 0 unspecified atom stereocenters. The Hall–Kier alpha value is -1.41. The zero-order valence-electron chi connectivity index (χ0n) is 12.1. The SMILES string of the molecule is CCCCCCCCCC#CC#CCCCC(=O)O. The van der Waals surface area contributed by atoms with Gasteiger partial charge in [-0.25, -0.2) is 0 Å². The molecule has 0 saturated carbocycles. The van der Waals surface area contributed by atoms with E-state index in [1.54, 1.807) is 0 Å². The lowest BCUT2D eigenvalue weighted by molar-refractivity contribution is -0.137. The second-order valence-electron chi connectivity index (χ2n) is 4.72. The number of carboxylic acid groups (broad SMARTS) is 1. The van der Waals surface area contributed by atoms with Crippen molar-refractivity contribution < 1.29 is 9.90 Å². The van der Waals surface area contributed by atoms with Crippen molar-refractivity contribution in [3.05, 3.63) is 0 Å². The number of aliphatic carboxylic acids is 1. The molecule has 0 aromatic carbocycles. The van der Waals surface area contributed by atoms with Crippen LogP contribution in [0.1, 0.15) is 77.6 Å². The number of hydrogen-bond donors (Lipinski definition) is 1. The standard InChI is InChI=1S/C17H26O2/c1-2-3-4-5-6-7-8-9-10-11-12-13-14-15-16-17(18)19/h2-9,14-16H2,1H3,(H,18,19). The van der Waals surface area contributed by atoms with Crippen LogP contribution in [0.25, 0.3) is 0 Å². The van der Waals surface area contributed by atoms with Gasteiger partial charge in [-0.3, -0.25) is 4.79 Å². The quantitative estimate of drug-likeness (QED) is 0.468. The van der Waals surface area contributed by atoms with Crippen molar-refractivity contribution in [1.82, 2.24) is 0 Å². The smallest absolute Gasteiger partial charge is 0.303 e. The van der Waals surface area contributed by atoms with E-state index in [2.05, 4.69) is 30.6 Å². The van der Waals surface area contributed by atoms with E-state index < -0.39 is 5.97 Å². The first-order chi connectivity index (χ1) is 9.27. The molecule has 1 N–H and O–H groups in total. The molecule has 0 fully saturated rings. The molecule has 2 heteroatoms. The summed E-state index contributed by atoms with van der Waals surface area (Å²) < 4.78 is 0. The maximum absolute atomic E-state index is 10.2. The summed E-state index contributed by atoms with van der Waals surface area (Å²) in [4.78, 5) is 10.2. The molecular formula is C17H26O2. The summed E-state index contributed by atoms with van der Waals surface area (Å²) in [6, 6.07) is 0. The summed E-state index contributed by atoms with van der Waals surface area (Å²) in [5.41, 5.74) is 0. The topological polar surface area (TPSA) is 37.3 Å². The molecule has 19 heavy (non-hydrogen) atoms. The van der Waals surface area contributed by atoms with Crippen LogP contribution in [0.15, 0.2) is 0 Å². The van der Waals surface area contributed by atoms with E-state index in [1.165, 1.54) is 44.9 Å². The molecule has 106 valence electrons. The van der Waals surface area contributed by atoms with Gasteiger partial charge in [0, 0.05) is 19.3 Å². The largest absolute Gasteiger partial charge is 0.481 e. The van der Waals surface area contributed by atoms with Crippen LogP contribution < -0.4 is 0 Å². The van der Waals surface area contributed by atoms with E-state index in [9.17, 15) is 4.79 Å². The number of carboxylic acids is 1. The molecule has 0 spiro atoms. The van der Waals surface area contributed by atoms with Crippen LogP contribution in [0.2, 0.25) is 0 Å². The molecule has 0 radical (unpaired) electrons. The molecular weight excluding hydrogens is 236 g/mol. The average molecular weight is 262 g/mol. The van der Waals surface area contributed by atoms with Gasteiger partial charge in [-0.05, 0) is 24.7 Å². The summed E-state index contributed by atoms with van der Waals surface area (Å²) in [5, 5.41) is 8.43. The van der Waals surface area contributed by atoms with Gasteiger partial charge in [0.2, 0.25) is 0 Å². The van der Waals surface area contributed by atoms with Gasteiger partial charge in [-0.15, -0.1) is 0 Å². The van der Waals surface area contributed by atoms with E-state index >= 15 is 0 Å². The Morgan fingerprint density at radius 2 is 1.37 bits per heavy atom. The highest BCUT2D eigenvalue weighted by Crippen LogP contribution is 2.07. The number of rotatable bonds is 10. The van der Waals surface area contributed by atoms with Crippen LogP contribution in [0.5, 0.6) is 0 Å². The Bertz CT molecular complexity index is 336. The van der Waals surface area contributed by atoms with Crippen molar-refractivity contribution in [2.45, 2.75) is 77.6 Å². The maximum Gasteiger partial charge on any atom is 0.303 e. The first-order valence-electron chi connectivity index (χ1n) is 7.45. The molecule has 0 aliphatic rings. The minimum absolute atomic E-state index is 0.195. The molecule has 0 saturated heterocycles. The molecule has 0 aromatic rings. The number of hydrogen-bond acceptors (Lipinski definition) is 1. The third-order valence-electron chi connectivity index (χ3n) is 2.84.